The van der Waals surface area contributed by atoms with Gasteiger partial charge in [0.25, 0.3) is 0 Å². The first-order chi connectivity index (χ1) is 8.69. The van der Waals surface area contributed by atoms with Crippen LogP contribution in [0.1, 0.15) is 5.56 Å². The van der Waals surface area contributed by atoms with E-state index >= 15 is 0 Å². The van der Waals surface area contributed by atoms with Gasteiger partial charge in [-0.25, -0.2) is 9.37 Å². The van der Waals surface area contributed by atoms with E-state index in [1.807, 2.05) is 24.3 Å². The first-order valence-corrected chi connectivity index (χ1v) is 6.21. The molecule has 0 atom stereocenters. The molecule has 0 radical (unpaired) electrons. The number of pyridine rings is 1. The zero-order chi connectivity index (χ0) is 13.0. The fraction of sp³-hybridized carbons (Fsp3) is 0.154. The Morgan fingerprint density at radius 2 is 2.06 bits per heavy atom. The predicted octanol–water partition coefficient (Wildman–Crippen LogP) is 3.49. The molecule has 0 fully saturated rings. The Hall–Kier alpha value is -1.46. The third-order valence-electron chi connectivity index (χ3n) is 2.29. The largest absolute Gasteiger partial charge is 0.439 e. The zero-order valence-electron chi connectivity index (χ0n) is 9.78. The summed E-state index contributed by atoms with van der Waals surface area (Å²) >= 11 is 3.35. The van der Waals surface area contributed by atoms with E-state index in [4.69, 9.17) is 4.74 Å². The molecule has 0 bridgehead atoms. The maximum absolute atomic E-state index is 13.1. The number of aromatic nitrogens is 1. The van der Waals surface area contributed by atoms with Gasteiger partial charge in [-0.2, -0.15) is 0 Å². The minimum Gasteiger partial charge on any atom is -0.439 e. The summed E-state index contributed by atoms with van der Waals surface area (Å²) in [5.41, 5.74) is 0.681. The van der Waals surface area contributed by atoms with Crippen LogP contribution in [-0.2, 0) is 6.54 Å². The van der Waals surface area contributed by atoms with Crippen LogP contribution in [0.25, 0.3) is 0 Å². The summed E-state index contributed by atoms with van der Waals surface area (Å²) in [6.07, 6.45) is 1.15. The van der Waals surface area contributed by atoms with Gasteiger partial charge in [-0.1, -0.05) is 15.9 Å². The summed E-state index contributed by atoms with van der Waals surface area (Å²) in [4.78, 5) is 3.97. The number of nitrogens with one attached hydrogen (secondary N) is 1. The van der Waals surface area contributed by atoms with Crippen molar-refractivity contribution in [2.75, 3.05) is 7.05 Å². The molecule has 18 heavy (non-hydrogen) atoms. The quantitative estimate of drug-likeness (QED) is 0.938. The standard InChI is InChI=1S/C13H12BrFN2O/c1-16-7-9-6-11(15)8-17-13(9)18-12-4-2-10(14)3-5-12/h2-6,8,16H,7H2,1H3. The molecule has 0 unspecified atom stereocenters. The fourth-order valence-electron chi connectivity index (χ4n) is 1.49. The molecule has 0 saturated heterocycles. The Balaban J connectivity index is 2.25. The van der Waals surface area contributed by atoms with Crippen LogP contribution in [0.2, 0.25) is 0 Å². The molecule has 0 saturated carbocycles. The summed E-state index contributed by atoms with van der Waals surface area (Å²) < 4.78 is 19.7. The van der Waals surface area contributed by atoms with Crippen LogP contribution in [-0.4, -0.2) is 12.0 Å². The Kier molecular flexibility index (Phi) is 4.28. The number of nitrogens with zero attached hydrogens (tertiary/aromatic N) is 1. The Morgan fingerprint density at radius 3 is 2.72 bits per heavy atom. The van der Waals surface area contributed by atoms with Gasteiger partial charge in [0.2, 0.25) is 5.88 Å². The number of rotatable bonds is 4. The normalized spacial score (nSPS) is 10.4. The molecule has 0 amide bonds. The van der Waals surface area contributed by atoms with Gasteiger partial charge in [0.1, 0.15) is 11.6 Å². The highest BCUT2D eigenvalue weighted by atomic mass is 79.9. The second-order valence-corrected chi connectivity index (χ2v) is 4.62. The molecular weight excluding hydrogens is 299 g/mol. The van der Waals surface area contributed by atoms with Crippen molar-refractivity contribution in [1.82, 2.24) is 10.3 Å². The molecule has 0 aliphatic heterocycles. The number of halogens is 2. The van der Waals surface area contributed by atoms with Gasteiger partial charge in [-0.15, -0.1) is 0 Å². The molecule has 0 aliphatic rings. The topological polar surface area (TPSA) is 34.2 Å². The van der Waals surface area contributed by atoms with Crippen molar-refractivity contribution in [3.8, 4) is 11.6 Å². The summed E-state index contributed by atoms with van der Waals surface area (Å²) in [5.74, 6) is 0.700. The molecule has 2 aromatic rings. The molecule has 5 heteroatoms. The maximum atomic E-state index is 13.1. The zero-order valence-corrected chi connectivity index (χ0v) is 11.4. The summed E-state index contributed by atoms with van der Waals surface area (Å²) in [5, 5.41) is 2.95. The molecule has 3 nitrogen and oxygen atoms in total. The van der Waals surface area contributed by atoms with E-state index in [1.54, 1.807) is 7.05 Å². The lowest BCUT2D eigenvalue weighted by Crippen LogP contribution is -2.07. The van der Waals surface area contributed by atoms with Crippen LogP contribution >= 0.6 is 15.9 Å². The van der Waals surface area contributed by atoms with Crippen molar-refractivity contribution in [3.63, 3.8) is 0 Å². The van der Waals surface area contributed by atoms with Crippen molar-refractivity contribution >= 4 is 15.9 Å². The average molecular weight is 311 g/mol. The highest BCUT2D eigenvalue weighted by Crippen LogP contribution is 2.24. The number of hydrogen-bond acceptors (Lipinski definition) is 3. The van der Waals surface area contributed by atoms with Crippen LogP contribution in [0.5, 0.6) is 11.6 Å². The molecule has 1 aromatic carbocycles. The molecule has 94 valence electrons. The van der Waals surface area contributed by atoms with Crippen molar-refractivity contribution < 1.29 is 9.13 Å². The number of hydrogen-bond donors (Lipinski definition) is 1. The van der Waals surface area contributed by atoms with Gasteiger partial charge >= 0.3 is 0 Å². The summed E-state index contributed by atoms with van der Waals surface area (Å²) in [6.45, 7) is 0.497. The van der Waals surface area contributed by atoms with Gasteiger partial charge in [0, 0.05) is 16.6 Å². The second kappa shape index (κ2) is 5.93. The first-order valence-electron chi connectivity index (χ1n) is 5.41. The van der Waals surface area contributed by atoms with Crippen LogP contribution in [0.15, 0.2) is 41.0 Å². The fourth-order valence-corrected chi connectivity index (χ4v) is 1.76. The Labute approximate surface area is 113 Å². The van der Waals surface area contributed by atoms with Gasteiger partial charge in [-0.05, 0) is 37.4 Å². The molecule has 2 rings (SSSR count). The Morgan fingerprint density at radius 1 is 1.33 bits per heavy atom. The van der Waals surface area contributed by atoms with Crippen LogP contribution < -0.4 is 10.1 Å². The minimum absolute atomic E-state index is 0.372. The van der Waals surface area contributed by atoms with E-state index in [1.165, 1.54) is 6.07 Å². The van der Waals surface area contributed by atoms with Gasteiger partial charge in [-0.3, -0.25) is 0 Å². The van der Waals surface area contributed by atoms with Crippen LogP contribution in [0, 0.1) is 5.82 Å². The third kappa shape index (κ3) is 3.27. The smallest absolute Gasteiger partial charge is 0.223 e. The van der Waals surface area contributed by atoms with Gasteiger partial charge in [0.05, 0.1) is 6.20 Å². The van der Waals surface area contributed by atoms with E-state index in [-0.39, 0.29) is 5.82 Å². The lowest BCUT2D eigenvalue weighted by atomic mass is 10.2. The van der Waals surface area contributed by atoms with E-state index in [0.717, 1.165) is 10.7 Å². The van der Waals surface area contributed by atoms with Crippen molar-refractivity contribution in [2.24, 2.45) is 0 Å². The number of ether oxygens (including phenoxy) is 1. The highest BCUT2D eigenvalue weighted by molar-refractivity contribution is 9.10. The molecule has 0 aliphatic carbocycles. The van der Waals surface area contributed by atoms with Crippen LogP contribution in [0.4, 0.5) is 4.39 Å². The molecule has 0 spiro atoms. The highest BCUT2D eigenvalue weighted by Gasteiger charge is 2.07. The minimum atomic E-state index is -0.372. The van der Waals surface area contributed by atoms with E-state index in [2.05, 4.69) is 26.2 Å². The van der Waals surface area contributed by atoms with Crippen LogP contribution in [0.3, 0.4) is 0 Å². The SMILES string of the molecule is CNCc1cc(F)cnc1Oc1ccc(Br)cc1. The summed E-state index contributed by atoms with van der Waals surface area (Å²) in [7, 11) is 1.79. The monoisotopic (exact) mass is 310 g/mol. The lowest BCUT2D eigenvalue weighted by molar-refractivity contribution is 0.450. The number of benzene rings is 1. The summed E-state index contributed by atoms with van der Waals surface area (Å²) in [6, 6.07) is 8.79. The lowest BCUT2D eigenvalue weighted by Gasteiger charge is -2.09. The predicted molar refractivity (Wildman–Crippen MR) is 71.2 cm³/mol. The van der Waals surface area contributed by atoms with E-state index < -0.39 is 0 Å². The average Bonchev–Trinajstić information content (AvgIpc) is 2.36. The Bertz CT molecular complexity index is 531. The first kappa shape index (κ1) is 13.0. The molecule has 1 aromatic heterocycles. The van der Waals surface area contributed by atoms with Gasteiger partial charge < -0.3 is 10.1 Å². The molecule has 1 heterocycles. The molecular formula is C13H12BrFN2O. The van der Waals surface area contributed by atoms with Crippen molar-refractivity contribution in [3.05, 3.63) is 52.4 Å². The van der Waals surface area contributed by atoms with E-state index in [9.17, 15) is 4.39 Å². The van der Waals surface area contributed by atoms with Crippen molar-refractivity contribution in [1.29, 1.82) is 0 Å². The molecule has 1 N–H and O–H groups in total. The second-order valence-electron chi connectivity index (χ2n) is 3.70. The maximum Gasteiger partial charge on any atom is 0.223 e. The van der Waals surface area contributed by atoms with Gasteiger partial charge in [0.15, 0.2) is 0 Å². The third-order valence-corrected chi connectivity index (χ3v) is 2.82. The van der Waals surface area contributed by atoms with E-state index in [0.29, 0.717) is 23.7 Å². The van der Waals surface area contributed by atoms with Crippen molar-refractivity contribution in [2.45, 2.75) is 6.54 Å².